The number of methoxy groups -OCH3 is 1. The van der Waals surface area contributed by atoms with Crippen LogP contribution in [-0.2, 0) is 4.74 Å². The minimum Gasteiger partial charge on any atom is -0.494 e. The van der Waals surface area contributed by atoms with E-state index in [0.29, 0.717) is 31.2 Å². The molecular formula is C12H18N2O4. The Morgan fingerprint density at radius 3 is 2.78 bits per heavy atom. The van der Waals surface area contributed by atoms with Crippen molar-refractivity contribution in [1.29, 1.82) is 0 Å². The lowest BCUT2D eigenvalue weighted by Gasteiger charge is -2.09. The van der Waals surface area contributed by atoms with E-state index in [9.17, 15) is 10.1 Å². The van der Waals surface area contributed by atoms with Crippen LogP contribution in [0.3, 0.4) is 0 Å². The van der Waals surface area contributed by atoms with Crippen LogP contribution < -0.4 is 10.1 Å². The summed E-state index contributed by atoms with van der Waals surface area (Å²) in [6, 6.07) is 4.67. The van der Waals surface area contributed by atoms with E-state index in [1.807, 2.05) is 6.92 Å². The van der Waals surface area contributed by atoms with Crippen molar-refractivity contribution in [2.45, 2.75) is 13.3 Å². The molecule has 0 saturated carbocycles. The van der Waals surface area contributed by atoms with Gasteiger partial charge in [-0.25, -0.2) is 0 Å². The van der Waals surface area contributed by atoms with Crippen LogP contribution in [0, 0.1) is 10.1 Å². The zero-order valence-corrected chi connectivity index (χ0v) is 10.6. The third-order valence-electron chi connectivity index (χ3n) is 2.27. The van der Waals surface area contributed by atoms with Crippen LogP contribution in [0.2, 0.25) is 0 Å². The molecule has 0 heterocycles. The van der Waals surface area contributed by atoms with Gasteiger partial charge in [-0.15, -0.1) is 0 Å². The molecule has 0 amide bonds. The van der Waals surface area contributed by atoms with Gasteiger partial charge in [0.2, 0.25) is 0 Å². The Hall–Kier alpha value is -1.82. The summed E-state index contributed by atoms with van der Waals surface area (Å²) in [6.45, 7) is 3.66. The normalized spacial score (nSPS) is 10.1. The van der Waals surface area contributed by atoms with Gasteiger partial charge in [-0.1, -0.05) is 0 Å². The number of non-ortho nitro benzene ring substituents is 1. The third-order valence-corrected chi connectivity index (χ3v) is 2.27. The molecule has 6 nitrogen and oxygen atoms in total. The second kappa shape index (κ2) is 7.50. The lowest BCUT2D eigenvalue weighted by Crippen LogP contribution is -2.05. The van der Waals surface area contributed by atoms with Gasteiger partial charge in [-0.2, -0.15) is 0 Å². The van der Waals surface area contributed by atoms with Crippen molar-refractivity contribution < 1.29 is 14.4 Å². The van der Waals surface area contributed by atoms with Crippen molar-refractivity contribution in [2.75, 3.05) is 32.2 Å². The summed E-state index contributed by atoms with van der Waals surface area (Å²) in [5.41, 5.74) is 0.707. The van der Waals surface area contributed by atoms with Gasteiger partial charge >= 0.3 is 0 Å². The molecule has 0 saturated heterocycles. The number of anilines is 1. The van der Waals surface area contributed by atoms with E-state index in [0.717, 1.165) is 6.42 Å². The summed E-state index contributed by atoms with van der Waals surface area (Å²) in [7, 11) is 1.64. The molecule has 0 aliphatic heterocycles. The second-order valence-electron chi connectivity index (χ2n) is 3.68. The van der Waals surface area contributed by atoms with Crippen LogP contribution in [0.4, 0.5) is 11.4 Å². The summed E-state index contributed by atoms with van der Waals surface area (Å²) in [5.74, 6) is 0.501. The Bertz CT molecular complexity index is 396. The van der Waals surface area contributed by atoms with Gasteiger partial charge in [0.1, 0.15) is 5.75 Å². The predicted octanol–water partition coefficient (Wildman–Crippen LogP) is 2.44. The quantitative estimate of drug-likeness (QED) is 0.438. The number of rotatable bonds is 8. The molecule has 0 radical (unpaired) electrons. The summed E-state index contributed by atoms with van der Waals surface area (Å²) in [5, 5.41) is 13.9. The minimum atomic E-state index is -0.428. The number of ether oxygens (including phenoxy) is 2. The van der Waals surface area contributed by atoms with Crippen molar-refractivity contribution in [3.63, 3.8) is 0 Å². The van der Waals surface area contributed by atoms with Crippen molar-refractivity contribution in [3.05, 3.63) is 28.3 Å². The molecule has 0 aliphatic carbocycles. The first kappa shape index (κ1) is 14.2. The first-order valence-electron chi connectivity index (χ1n) is 5.82. The molecular weight excluding hydrogens is 236 g/mol. The molecule has 6 heteroatoms. The molecule has 0 fully saturated rings. The van der Waals surface area contributed by atoms with E-state index in [1.165, 1.54) is 12.1 Å². The Morgan fingerprint density at radius 1 is 1.39 bits per heavy atom. The molecule has 0 unspecified atom stereocenters. The minimum absolute atomic E-state index is 0.0233. The molecule has 100 valence electrons. The van der Waals surface area contributed by atoms with Crippen LogP contribution in [0.25, 0.3) is 0 Å². The van der Waals surface area contributed by atoms with Gasteiger partial charge in [-0.05, 0) is 13.3 Å². The maximum absolute atomic E-state index is 10.8. The maximum Gasteiger partial charge on any atom is 0.275 e. The van der Waals surface area contributed by atoms with Gasteiger partial charge in [0.25, 0.3) is 5.69 Å². The summed E-state index contributed by atoms with van der Waals surface area (Å²) in [6.07, 6.45) is 0.836. The van der Waals surface area contributed by atoms with Crippen molar-refractivity contribution in [1.82, 2.24) is 0 Å². The highest BCUT2D eigenvalue weighted by atomic mass is 16.6. The highest BCUT2D eigenvalue weighted by Gasteiger charge is 2.10. The maximum atomic E-state index is 10.8. The van der Waals surface area contributed by atoms with E-state index in [-0.39, 0.29) is 5.69 Å². The predicted molar refractivity (Wildman–Crippen MR) is 69.2 cm³/mol. The SMILES string of the molecule is CCOc1cc(NCCCOC)cc([N+](=O)[O-])c1. The highest BCUT2D eigenvalue weighted by Crippen LogP contribution is 2.25. The average molecular weight is 254 g/mol. The molecule has 0 aromatic heterocycles. The van der Waals surface area contributed by atoms with E-state index in [4.69, 9.17) is 9.47 Å². The Balaban J connectivity index is 2.72. The fourth-order valence-electron chi connectivity index (χ4n) is 1.49. The fraction of sp³-hybridized carbons (Fsp3) is 0.500. The summed E-state index contributed by atoms with van der Waals surface area (Å²) < 4.78 is 10.2. The van der Waals surface area contributed by atoms with Gasteiger partial charge in [0.15, 0.2) is 0 Å². The average Bonchev–Trinajstić information content (AvgIpc) is 2.35. The number of nitro benzene ring substituents is 1. The molecule has 1 rings (SSSR count). The number of benzene rings is 1. The molecule has 1 N–H and O–H groups in total. The largest absolute Gasteiger partial charge is 0.494 e. The van der Waals surface area contributed by atoms with E-state index < -0.39 is 4.92 Å². The molecule has 0 atom stereocenters. The summed E-state index contributed by atoms with van der Waals surface area (Å²) in [4.78, 5) is 10.4. The smallest absolute Gasteiger partial charge is 0.275 e. The number of nitrogens with zero attached hydrogens (tertiary/aromatic N) is 1. The van der Waals surface area contributed by atoms with Gasteiger partial charge in [0.05, 0.1) is 17.6 Å². The fourth-order valence-corrected chi connectivity index (χ4v) is 1.49. The number of hydrogen-bond donors (Lipinski definition) is 1. The van der Waals surface area contributed by atoms with Gasteiger partial charge < -0.3 is 14.8 Å². The second-order valence-corrected chi connectivity index (χ2v) is 3.68. The molecule has 0 aliphatic rings. The monoisotopic (exact) mass is 254 g/mol. The van der Waals surface area contributed by atoms with Crippen molar-refractivity contribution in [2.24, 2.45) is 0 Å². The van der Waals surface area contributed by atoms with Crippen LogP contribution >= 0.6 is 0 Å². The Morgan fingerprint density at radius 2 is 2.17 bits per heavy atom. The van der Waals surface area contributed by atoms with E-state index in [2.05, 4.69) is 5.32 Å². The third kappa shape index (κ3) is 4.58. The Kier molecular flexibility index (Phi) is 5.93. The van der Waals surface area contributed by atoms with Crippen LogP contribution in [0.5, 0.6) is 5.75 Å². The van der Waals surface area contributed by atoms with Crippen LogP contribution in [0.15, 0.2) is 18.2 Å². The lowest BCUT2D eigenvalue weighted by atomic mass is 10.2. The Labute approximate surface area is 106 Å². The van der Waals surface area contributed by atoms with Gasteiger partial charge in [-0.3, -0.25) is 10.1 Å². The van der Waals surface area contributed by atoms with E-state index >= 15 is 0 Å². The zero-order chi connectivity index (χ0) is 13.4. The van der Waals surface area contributed by atoms with Crippen LogP contribution in [0.1, 0.15) is 13.3 Å². The van der Waals surface area contributed by atoms with Gasteiger partial charge in [0, 0.05) is 38.1 Å². The molecule has 18 heavy (non-hydrogen) atoms. The number of nitro groups is 1. The van der Waals surface area contributed by atoms with Crippen molar-refractivity contribution >= 4 is 11.4 Å². The molecule has 1 aromatic carbocycles. The topological polar surface area (TPSA) is 73.6 Å². The van der Waals surface area contributed by atoms with Crippen LogP contribution in [-0.4, -0.2) is 31.8 Å². The van der Waals surface area contributed by atoms with E-state index in [1.54, 1.807) is 13.2 Å². The molecule has 0 spiro atoms. The summed E-state index contributed by atoms with van der Waals surface area (Å²) >= 11 is 0. The number of nitrogens with one attached hydrogen (secondary N) is 1. The standard InChI is InChI=1S/C12H18N2O4/c1-3-18-12-8-10(13-5-4-6-17-2)7-11(9-12)14(15)16/h7-9,13H,3-6H2,1-2H3. The number of hydrogen-bond acceptors (Lipinski definition) is 5. The highest BCUT2D eigenvalue weighted by molar-refractivity contribution is 5.56. The molecule has 1 aromatic rings. The first-order chi connectivity index (χ1) is 8.67. The van der Waals surface area contributed by atoms with Crippen molar-refractivity contribution in [3.8, 4) is 5.75 Å². The molecule has 0 bridgehead atoms. The first-order valence-corrected chi connectivity index (χ1v) is 5.82. The lowest BCUT2D eigenvalue weighted by molar-refractivity contribution is -0.384. The zero-order valence-electron chi connectivity index (χ0n) is 10.6.